The monoisotopic (exact) mass is 607 g/mol. The number of tetrazole rings is 1. The predicted molar refractivity (Wildman–Crippen MR) is 124 cm³/mol. The Kier molecular flexibility index (Phi) is 8.18. The molecule has 0 saturated carbocycles. The van der Waals surface area contributed by atoms with E-state index in [4.69, 9.17) is 0 Å². The third kappa shape index (κ3) is 6.87. The second-order valence-corrected chi connectivity index (χ2v) is 9.64. The number of hydrogen-bond acceptors (Lipinski definition) is 7. The number of aromatic nitrogens is 5. The fraction of sp³-hybridized carbons (Fsp3) is 0.217. The van der Waals surface area contributed by atoms with Crippen LogP contribution in [0.15, 0.2) is 67.1 Å². The van der Waals surface area contributed by atoms with Gasteiger partial charge in [0.15, 0.2) is 12.2 Å². The topological polar surface area (TPSA) is 132 Å². The van der Waals surface area contributed by atoms with Gasteiger partial charge in [0.05, 0.1) is 6.54 Å². The van der Waals surface area contributed by atoms with Crippen LogP contribution in [0.1, 0.15) is 11.3 Å². The highest BCUT2D eigenvalue weighted by Crippen LogP contribution is 2.57. The average Bonchev–Trinajstić information content (AvgIpc) is 3.39. The summed E-state index contributed by atoms with van der Waals surface area (Å²) in [6.45, 7) is -2.78. The fourth-order valence-electron chi connectivity index (χ4n) is 3.86. The zero-order valence-corrected chi connectivity index (χ0v) is 21.1. The lowest BCUT2D eigenvalue weighted by atomic mass is 9.84. The van der Waals surface area contributed by atoms with Crippen LogP contribution < -0.4 is 4.74 Å². The molecular weight excluding hydrogens is 590 g/mol. The summed E-state index contributed by atoms with van der Waals surface area (Å²) in [5.74, 6) is -7.42. The third-order valence-electron chi connectivity index (χ3n) is 5.60. The maximum atomic E-state index is 16.4. The Morgan fingerprint density at radius 3 is 2.15 bits per heavy atom. The van der Waals surface area contributed by atoms with Crippen LogP contribution in [0.3, 0.4) is 0 Å². The molecule has 0 aliphatic heterocycles. The van der Waals surface area contributed by atoms with Gasteiger partial charge in [0, 0.05) is 23.4 Å². The molecule has 10 nitrogen and oxygen atoms in total. The van der Waals surface area contributed by atoms with Crippen LogP contribution in [0.5, 0.6) is 5.75 Å². The van der Waals surface area contributed by atoms with Crippen molar-refractivity contribution in [3.05, 3.63) is 90.0 Å². The molecule has 41 heavy (non-hydrogen) atoms. The van der Waals surface area contributed by atoms with Crippen LogP contribution in [0.25, 0.3) is 11.1 Å². The zero-order valence-electron chi connectivity index (χ0n) is 20.2. The SMILES string of the molecule is O=P(O)(O)O[C@@](Cn1cnnn1)(c1ccc(F)cc1F)C(F)(F)c1ccc(-c2ccc(OCC(F)(F)F)cc2)cn1. The quantitative estimate of drug-likeness (QED) is 0.194. The maximum absolute atomic E-state index is 16.4. The van der Waals surface area contributed by atoms with E-state index in [9.17, 15) is 36.3 Å². The highest BCUT2D eigenvalue weighted by Gasteiger charge is 2.62. The van der Waals surface area contributed by atoms with Crippen molar-refractivity contribution in [2.75, 3.05) is 6.61 Å². The summed E-state index contributed by atoms with van der Waals surface area (Å²) in [6.07, 6.45) is -2.81. The van der Waals surface area contributed by atoms with Crippen molar-refractivity contribution < 1.29 is 54.3 Å². The normalized spacial score (nSPS) is 14.1. The van der Waals surface area contributed by atoms with Crippen molar-refractivity contribution >= 4 is 7.82 Å². The first-order valence-electron chi connectivity index (χ1n) is 11.2. The number of nitrogens with zero attached hydrogens (tertiary/aromatic N) is 5. The van der Waals surface area contributed by atoms with Gasteiger partial charge in [-0.2, -0.15) is 22.0 Å². The van der Waals surface area contributed by atoms with Crippen molar-refractivity contribution in [1.82, 2.24) is 25.2 Å². The van der Waals surface area contributed by atoms with Crippen LogP contribution in [0.4, 0.5) is 30.7 Å². The lowest BCUT2D eigenvalue weighted by Gasteiger charge is -2.39. The molecule has 1 atom stereocenters. The summed E-state index contributed by atoms with van der Waals surface area (Å²) >= 11 is 0. The number of benzene rings is 2. The van der Waals surface area contributed by atoms with E-state index in [0.29, 0.717) is 22.4 Å². The molecule has 2 aromatic carbocycles. The average molecular weight is 607 g/mol. The number of rotatable bonds is 10. The van der Waals surface area contributed by atoms with Gasteiger partial charge < -0.3 is 14.5 Å². The van der Waals surface area contributed by atoms with E-state index in [0.717, 1.165) is 24.7 Å². The van der Waals surface area contributed by atoms with E-state index < -0.39 is 61.6 Å². The molecule has 0 radical (unpaired) electrons. The van der Waals surface area contributed by atoms with E-state index >= 15 is 8.78 Å². The largest absolute Gasteiger partial charge is 0.484 e. The number of pyridine rings is 1. The standard InChI is InChI=1S/C23H17F7N5O5P/c24-16-4-7-18(19(25)9-16)21(40-41(36,37)38,11-35-13-32-33-34-35)23(29,30)20-8-3-15(10-31-20)14-1-5-17(6-2-14)39-12-22(26,27)28/h1-10,13H,11-12H2,(H2,36,37,38)/t21-/m0/s1. The Balaban J connectivity index is 1.76. The Morgan fingerprint density at radius 2 is 1.61 bits per heavy atom. The number of phosphoric ester groups is 1. The molecular formula is C23H17F7N5O5P. The van der Waals surface area contributed by atoms with Crippen LogP contribution in [-0.4, -0.2) is 47.8 Å². The van der Waals surface area contributed by atoms with E-state index in [1.54, 1.807) is 0 Å². The van der Waals surface area contributed by atoms with Gasteiger partial charge in [-0.3, -0.25) is 9.51 Å². The molecule has 0 amide bonds. The van der Waals surface area contributed by atoms with Gasteiger partial charge in [-0.15, -0.1) is 5.10 Å². The second-order valence-electron chi connectivity index (χ2n) is 8.48. The number of hydrogen-bond donors (Lipinski definition) is 2. The lowest BCUT2D eigenvalue weighted by Crippen LogP contribution is -2.49. The smallest absolute Gasteiger partial charge is 0.470 e. The van der Waals surface area contributed by atoms with Gasteiger partial charge in [-0.05, 0) is 46.3 Å². The molecule has 2 heterocycles. The molecule has 0 aliphatic carbocycles. The number of halogens is 7. The molecule has 2 N–H and O–H groups in total. The second kappa shape index (κ2) is 11.2. The van der Waals surface area contributed by atoms with Gasteiger partial charge in [0.2, 0.25) is 0 Å². The molecule has 0 saturated heterocycles. The summed E-state index contributed by atoms with van der Waals surface area (Å²) in [5.41, 5.74) is -5.30. The molecule has 4 rings (SSSR count). The first-order chi connectivity index (χ1) is 19.1. The van der Waals surface area contributed by atoms with Gasteiger partial charge in [-0.25, -0.2) is 18.0 Å². The van der Waals surface area contributed by atoms with E-state index in [2.05, 4.69) is 29.8 Å². The maximum Gasteiger partial charge on any atom is 0.470 e. The summed E-state index contributed by atoms with van der Waals surface area (Å²) in [6, 6.07) is 8.35. The van der Waals surface area contributed by atoms with Crippen molar-refractivity contribution in [1.29, 1.82) is 0 Å². The van der Waals surface area contributed by atoms with E-state index in [-0.39, 0.29) is 17.4 Å². The molecule has 2 aromatic heterocycles. The van der Waals surface area contributed by atoms with Crippen LogP contribution in [0, 0.1) is 11.6 Å². The van der Waals surface area contributed by atoms with Crippen LogP contribution in [-0.2, 0) is 27.2 Å². The highest BCUT2D eigenvalue weighted by atomic mass is 31.2. The van der Waals surface area contributed by atoms with Gasteiger partial charge in [-0.1, -0.05) is 18.2 Å². The molecule has 4 aromatic rings. The van der Waals surface area contributed by atoms with Crippen molar-refractivity contribution in [2.45, 2.75) is 24.2 Å². The van der Waals surface area contributed by atoms with Crippen molar-refractivity contribution in [3.8, 4) is 16.9 Å². The first-order valence-corrected chi connectivity index (χ1v) is 12.7. The fourth-order valence-corrected chi connectivity index (χ4v) is 4.53. The van der Waals surface area contributed by atoms with Crippen molar-refractivity contribution in [3.63, 3.8) is 0 Å². The Hall–Kier alpha value is -3.92. The molecule has 0 spiro atoms. The van der Waals surface area contributed by atoms with E-state index in [1.165, 1.54) is 24.3 Å². The van der Waals surface area contributed by atoms with Gasteiger partial charge >= 0.3 is 19.9 Å². The minimum atomic E-state index is -5.83. The summed E-state index contributed by atoms with van der Waals surface area (Å²) < 4.78 is 120. The first kappa shape index (κ1) is 30.0. The molecule has 0 aliphatic rings. The molecule has 18 heteroatoms. The third-order valence-corrected chi connectivity index (χ3v) is 6.15. The molecule has 0 bridgehead atoms. The summed E-state index contributed by atoms with van der Waals surface area (Å²) in [7, 11) is -5.83. The van der Waals surface area contributed by atoms with Gasteiger partial charge in [0.1, 0.15) is 29.4 Å². The van der Waals surface area contributed by atoms with E-state index in [1.807, 2.05) is 0 Å². The van der Waals surface area contributed by atoms with Crippen LogP contribution >= 0.6 is 7.82 Å². The Labute approximate surface area is 225 Å². The summed E-state index contributed by atoms with van der Waals surface area (Å²) in [4.78, 5) is 22.9. The summed E-state index contributed by atoms with van der Waals surface area (Å²) in [5, 5.41) is 9.93. The lowest BCUT2D eigenvalue weighted by molar-refractivity contribution is -0.199. The Bertz CT molecular complexity index is 1530. The number of phosphoric acid groups is 1. The number of ether oxygens (including phenoxy) is 1. The molecule has 218 valence electrons. The molecule has 0 unspecified atom stereocenters. The highest BCUT2D eigenvalue weighted by molar-refractivity contribution is 7.46. The predicted octanol–water partition coefficient (Wildman–Crippen LogP) is 4.75. The minimum absolute atomic E-state index is 0.106. The van der Waals surface area contributed by atoms with Crippen molar-refractivity contribution in [2.24, 2.45) is 0 Å². The molecule has 0 fully saturated rings. The number of alkyl halides is 5. The van der Waals surface area contributed by atoms with Gasteiger partial charge in [0.25, 0.3) is 0 Å². The zero-order chi connectivity index (χ0) is 30.1. The Morgan fingerprint density at radius 1 is 0.927 bits per heavy atom. The van der Waals surface area contributed by atoms with Crippen LogP contribution in [0.2, 0.25) is 0 Å². The minimum Gasteiger partial charge on any atom is -0.484 e.